The summed E-state index contributed by atoms with van der Waals surface area (Å²) < 4.78 is 16.0. The highest BCUT2D eigenvalue weighted by molar-refractivity contribution is 5.95. The SMILES string of the molecule is O=C(COC(=O)c1ccc2c(c1)OCCO2)Nc1ccc(N2CCCCCC2)cc1. The number of carbonyl (C=O) groups is 2. The number of anilines is 2. The van der Waals surface area contributed by atoms with Crippen LogP contribution in [-0.2, 0) is 9.53 Å². The van der Waals surface area contributed by atoms with Gasteiger partial charge >= 0.3 is 5.97 Å². The van der Waals surface area contributed by atoms with Crippen molar-refractivity contribution in [2.45, 2.75) is 25.7 Å². The number of esters is 1. The van der Waals surface area contributed by atoms with Crippen LogP contribution in [0, 0.1) is 0 Å². The molecule has 1 fully saturated rings. The van der Waals surface area contributed by atoms with Crippen molar-refractivity contribution >= 4 is 23.3 Å². The van der Waals surface area contributed by atoms with Crippen molar-refractivity contribution in [3.63, 3.8) is 0 Å². The summed E-state index contributed by atoms with van der Waals surface area (Å²) >= 11 is 0. The molecule has 2 aliphatic rings. The van der Waals surface area contributed by atoms with Gasteiger partial charge in [0, 0.05) is 24.5 Å². The van der Waals surface area contributed by atoms with Crippen molar-refractivity contribution in [2.24, 2.45) is 0 Å². The summed E-state index contributed by atoms with van der Waals surface area (Å²) in [6, 6.07) is 12.6. The van der Waals surface area contributed by atoms with Crippen LogP contribution in [0.25, 0.3) is 0 Å². The lowest BCUT2D eigenvalue weighted by Gasteiger charge is -2.22. The lowest BCUT2D eigenvalue weighted by molar-refractivity contribution is -0.119. The van der Waals surface area contributed by atoms with Crippen LogP contribution in [0.2, 0.25) is 0 Å². The summed E-state index contributed by atoms with van der Waals surface area (Å²) in [6.45, 7) is 2.70. The molecule has 2 aromatic carbocycles. The van der Waals surface area contributed by atoms with E-state index in [1.807, 2.05) is 24.3 Å². The Bertz CT molecular complexity index is 889. The molecule has 0 radical (unpaired) electrons. The molecular weight excluding hydrogens is 384 g/mol. The minimum absolute atomic E-state index is 0.314. The second-order valence-electron chi connectivity index (χ2n) is 7.43. The molecule has 0 atom stereocenters. The number of amides is 1. The maximum atomic E-state index is 12.2. The highest BCUT2D eigenvalue weighted by Crippen LogP contribution is 2.31. The molecule has 0 aliphatic carbocycles. The molecule has 1 saturated heterocycles. The monoisotopic (exact) mass is 410 g/mol. The normalized spacial score (nSPS) is 15.8. The van der Waals surface area contributed by atoms with Gasteiger partial charge < -0.3 is 24.4 Å². The number of benzene rings is 2. The molecule has 0 saturated carbocycles. The second kappa shape index (κ2) is 9.52. The fraction of sp³-hybridized carbons (Fsp3) is 0.391. The first-order valence-corrected chi connectivity index (χ1v) is 10.4. The number of rotatable bonds is 5. The van der Waals surface area contributed by atoms with Gasteiger partial charge in [0.05, 0.1) is 5.56 Å². The van der Waals surface area contributed by atoms with E-state index in [1.165, 1.54) is 31.4 Å². The van der Waals surface area contributed by atoms with Crippen LogP contribution in [0.3, 0.4) is 0 Å². The fourth-order valence-electron chi connectivity index (χ4n) is 3.67. The average molecular weight is 410 g/mol. The summed E-state index contributed by atoms with van der Waals surface area (Å²) in [4.78, 5) is 26.8. The smallest absolute Gasteiger partial charge is 0.338 e. The summed E-state index contributed by atoms with van der Waals surface area (Å²) in [5.74, 6) is 0.130. The van der Waals surface area contributed by atoms with E-state index in [0.29, 0.717) is 36.0 Å². The minimum Gasteiger partial charge on any atom is -0.486 e. The Labute approximate surface area is 175 Å². The van der Waals surface area contributed by atoms with E-state index in [0.717, 1.165) is 13.1 Å². The molecule has 0 unspecified atom stereocenters. The van der Waals surface area contributed by atoms with Crippen molar-refractivity contribution in [1.82, 2.24) is 0 Å². The zero-order valence-corrected chi connectivity index (χ0v) is 16.9. The van der Waals surface area contributed by atoms with Gasteiger partial charge in [0.1, 0.15) is 13.2 Å². The predicted octanol–water partition coefficient (Wildman–Crippen LogP) is 3.63. The first-order chi connectivity index (χ1) is 14.7. The first kappa shape index (κ1) is 20.1. The largest absolute Gasteiger partial charge is 0.486 e. The molecule has 4 rings (SSSR count). The molecule has 30 heavy (non-hydrogen) atoms. The number of carbonyl (C=O) groups excluding carboxylic acids is 2. The first-order valence-electron chi connectivity index (χ1n) is 10.4. The molecule has 1 amide bonds. The van der Waals surface area contributed by atoms with Crippen LogP contribution in [0.4, 0.5) is 11.4 Å². The molecule has 7 nitrogen and oxygen atoms in total. The number of ether oxygens (including phenoxy) is 3. The molecule has 0 aromatic heterocycles. The van der Waals surface area contributed by atoms with E-state index >= 15 is 0 Å². The van der Waals surface area contributed by atoms with E-state index in [4.69, 9.17) is 14.2 Å². The van der Waals surface area contributed by atoms with E-state index in [9.17, 15) is 9.59 Å². The van der Waals surface area contributed by atoms with Crippen LogP contribution in [0.15, 0.2) is 42.5 Å². The van der Waals surface area contributed by atoms with Gasteiger partial charge in [0.2, 0.25) is 0 Å². The third-order valence-corrected chi connectivity index (χ3v) is 5.23. The van der Waals surface area contributed by atoms with E-state index in [-0.39, 0.29) is 12.5 Å². The van der Waals surface area contributed by atoms with Crippen molar-refractivity contribution in [2.75, 3.05) is 43.1 Å². The number of nitrogens with one attached hydrogen (secondary N) is 1. The molecule has 0 spiro atoms. The van der Waals surface area contributed by atoms with Crippen LogP contribution in [0.5, 0.6) is 11.5 Å². The summed E-state index contributed by atoms with van der Waals surface area (Å²) in [6.07, 6.45) is 5.01. The van der Waals surface area contributed by atoms with Gasteiger partial charge in [-0.25, -0.2) is 4.79 Å². The van der Waals surface area contributed by atoms with Gasteiger partial charge in [0.25, 0.3) is 5.91 Å². The summed E-state index contributed by atoms with van der Waals surface area (Å²) in [5.41, 5.74) is 2.16. The molecule has 2 heterocycles. The molecule has 1 N–H and O–H groups in total. The van der Waals surface area contributed by atoms with E-state index in [1.54, 1.807) is 18.2 Å². The van der Waals surface area contributed by atoms with Crippen molar-refractivity contribution in [3.8, 4) is 11.5 Å². The number of fused-ring (bicyclic) bond motifs is 1. The van der Waals surface area contributed by atoms with Crippen molar-refractivity contribution in [3.05, 3.63) is 48.0 Å². The standard InChI is InChI=1S/C23H26N2O5/c26-22(16-30-23(27)17-5-10-20-21(15-17)29-14-13-28-20)24-18-6-8-19(9-7-18)25-11-3-1-2-4-12-25/h5-10,15H,1-4,11-14,16H2,(H,24,26). The summed E-state index contributed by atoms with van der Waals surface area (Å²) in [5, 5.41) is 2.76. The maximum Gasteiger partial charge on any atom is 0.338 e. The molecule has 0 bridgehead atoms. The molecule has 2 aliphatic heterocycles. The van der Waals surface area contributed by atoms with E-state index in [2.05, 4.69) is 10.2 Å². The van der Waals surface area contributed by atoms with Crippen molar-refractivity contribution < 1.29 is 23.8 Å². The Hall–Kier alpha value is -3.22. The van der Waals surface area contributed by atoms with Crippen LogP contribution >= 0.6 is 0 Å². The average Bonchev–Trinajstić information content (AvgIpc) is 3.07. The quantitative estimate of drug-likeness (QED) is 0.759. The van der Waals surface area contributed by atoms with Gasteiger partial charge in [-0.05, 0) is 55.3 Å². The Morgan fingerprint density at radius 1 is 0.900 bits per heavy atom. The Morgan fingerprint density at radius 3 is 2.33 bits per heavy atom. The highest BCUT2D eigenvalue weighted by atomic mass is 16.6. The Morgan fingerprint density at radius 2 is 1.60 bits per heavy atom. The topological polar surface area (TPSA) is 77.1 Å². The van der Waals surface area contributed by atoms with Gasteiger partial charge in [-0.3, -0.25) is 4.79 Å². The number of nitrogens with zero attached hydrogens (tertiary/aromatic N) is 1. The molecule has 7 heteroatoms. The van der Waals surface area contributed by atoms with Crippen LogP contribution in [0.1, 0.15) is 36.0 Å². The molecular formula is C23H26N2O5. The number of hydrogen-bond acceptors (Lipinski definition) is 6. The van der Waals surface area contributed by atoms with Gasteiger partial charge in [0.15, 0.2) is 18.1 Å². The fourth-order valence-corrected chi connectivity index (χ4v) is 3.67. The lowest BCUT2D eigenvalue weighted by Crippen LogP contribution is -2.24. The second-order valence-corrected chi connectivity index (χ2v) is 7.43. The summed E-state index contributed by atoms with van der Waals surface area (Å²) in [7, 11) is 0. The van der Waals surface area contributed by atoms with Gasteiger partial charge in [-0.2, -0.15) is 0 Å². The van der Waals surface area contributed by atoms with Crippen LogP contribution in [-0.4, -0.2) is 44.8 Å². The zero-order chi connectivity index (χ0) is 20.8. The maximum absolute atomic E-state index is 12.2. The van der Waals surface area contributed by atoms with Gasteiger partial charge in [-0.1, -0.05) is 12.8 Å². The lowest BCUT2D eigenvalue weighted by atomic mass is 10.2. The number of hydrogen-bond donors (Lipinski definition) is 1. The van der Waals surface area contributed by atoms with Crippen molar-refractivity contribution in [1.29, 1.82) is 0 Å². The minimum atomic E-state index is -0.585. The van der Waals surface area contributed by atoms with Crippen LogP contribution < -0.4 is 19.7 Å². The Balaban J connectivity index is 1.27. The van der Waals surface area contributed by atoms with Gasteiger partial charge in [-0.15, -0.1) is 0 Å². The third-order valence-electron chi connectivity index (χ3n) is 5.23. The molecule has 158 valence electrons. The highest BCUT2D eigenvalue weighted by Gasteiger charge is 2.17. The molecule has 2 aromatic rings. The zero-order valence-electron chi connectivity index (χ0n) is 16.9. The predicted molar refractivity (Wildman–Crippen MR) is 113 cm³/mol. The Kier molecular flexibility index (Phi) is 6.37. The third kappa shape index (κ3) is 5.03. The van der Waals surface area contributed by atoms with E-state index < -0.39 is 5.97 Å².